The minimum atomic E-state index is -4.41. The molecule has 6 aromatic rings. The van der Waals surface area contributed by atoms with E-state index in [0.717, 1.165) is 15.4 Å². The van der Waals surface area contributed by atoms with E-state index in [1.165, 1.54) is 52.8 Å². The normalized spacial score (nSPS) is 20.1. The molecule has 0 unspecified atom stereocenters. The smallest absolute Gasteiger partial charge is 0.468 e. The zero-order valence-corrected chi connectivity index (χ0v) is 58.2. The molecule has 548 valence electrons. The van der Waals surface area contributed by atoms with Crippen LogP contribution in [0.4, 0.5) is 9.59 Å². The molecule has 100 heavy (non-hydrogen) atoms. The van der Waals surface area contributed by atoms with E-state index in [1.54, 1.807) is 60.7 Å². The number of hydrogen-bond donors (Lipinski definition) is 6. The van der Waals surface area contributed by atoms with Crippen molar-refractivity contribution in [3.05, 3.63) is 181 Å². The minimum Gasteiger partial charge on any atom is -0.481 e. The van der Waals surface area contributed by atoms with Crippen LogP contribution in [0.1, 0.15) is 66.5 Å². The highest BCUT2D eigenvalue weighted by Crippen LogP contribution is 2.49. The maximum Gasteiger partial charge on any atom is 0.468 e. The van der Waals surface area contributed by atoms with Crippen molar-refractivity contribution in [3.63, 3.8) is 0 Å². The molecule has 10 atom stereocenters. The van der Waals surface area contributed by atoms with E-state index in [0.29, 0.717) is 37.6 Å². The lowest BCUT2D eigenvalue weighted by molar-refractivity contribution is -0.0909. The first kappa shape index (κ1) is 80.3. The first-order valence-electron chi connectivity index (χ1n) is 32.2. The third-order valence-electron chi connectivity index (χ3n) is 16.2. The second-order valence-corrected chi connectivity index (χ2v) is 32.3. The summed E-state index contributed by atoms with van der Waals surface area (Å²) in [6, 6.07) is 44.7. The van der Waals surface area contributed by atoms with Gasteiger partial charge in [0.2, 0.25) is 26.4 Å². The number of aliphatic hydroxyl groups is 2. The van der Waals surface area contributed by atoms with Crippen molar-refractivity contribution < 1.29 is 102 Å². The summed E-state index contributed by atoms with van der Waals surface area (Å²) in [5.74, 6) is 0.661. The monoisotopic (exact) mass is 1470 g/mol. The molecule has 0 radical (unpaired) electrons. The Balaban J connectivity index is 0.000000284. The lowest BCUT2D eigenvalue weighted by Crippen LogP contribution is -2.51. The van der Waals surface area contributed by atoms with Gasteiger partial charge in [0.05, 0.1) is 72.3 Å². The average Bonchev–Trinajstić information content (AvgIpc) is 1.10. The maximum absolute atomic E-state index is 14.1. The lowest BCUT2D eigenvalue weighted by Gasteiger charge is -2.31. The van der Waals surface area contributed by atoms with Crippen LogP contribution in [0.25, 0.3) is 0 Å². The number of carbonyl (C=O) groups is 2. The molecule has 4 aliphatic heterocycles. The Morgan fingerprint density at radius 2 is 0.850 bits per heavy atom. The molecule has 4 aliphatic rings. The largest absolute Gasteiger partial charge is 0.481 e. The highest BCUT2D eigenvalue weighted by Gasteiger charge is 2.46. The molecule has 4 fully saturated rings. The van der Waals surface area contributed by atoms with Crippen molar-refractivity contribution in [2.24, 2.45) is 23.7 Å². The van der Waals surface area contributed by atoms with Crippen LogP contribution >= 0.6 is 15.2 Å². The van der Waals surface area contributed by atoms with Crippen LogP contribution in [0, 0.1) is 23.7 Å². The van der Waals surface area contributed by atoms with E-state index < -0.39 is 109 Å². The van der Waals surface area contributed by atoms with Crippen molar-refractivity contribution in [1.29, 1.82) is 0 Å². The standard InChI is InChI=1S/C40H47N2O11PS.C28H39N2O11PS.2CH4/c1-29(2)25-42(26-37(43)36(24-30-12-6-3-7-13-30)41-40(44)51-38-27-49-39-35(38)22-23-48-39)55(46,47)34-20-18-31(19-21-34)50-28-54(45,52-32-14-8-4-9-15-32)53-33-16-10-5-11-17-33;1-19(2)15-30(43(36,37)22-10-8-21(9-11-22)40-18-42(33,34)35)16-25(31)24(14-20-6-4-3-5-7-20)29-28(32)41-26-17-39-27-23(26)12-13-38-27;;/h3-21,29,35-39,43H,22-28H2,1-2H3,(H,41,44);3-11,19,23-27,31H,12-18H2,1-2H3,(H,29,32)(H2,33,34,35);2*1H4/t35-,36-,37+,38-,39+;23-,24-,25+,26-,27+;;/m00../s1. The molecule has 26 nitrogen and oxygen atoms in total. The van der Waals surface area contributed by atoms with Gasteiger partial charge < -0.3 is 77.6 Å². The number of nitrogens with zero attached hydrogens (tertiary/aromatic N) is 2. The molecule has 6 N–H and O–H groups in total. The molecule has 2 amide bonds. The topological polar surface area (TPSA) is 340 Å². The summed E-state index contributed by atoms with van der Waals surface area (Å²) in [5, 5.41) is 28.6. The SMILES string of the molecule is C.C.CC(C)CN(C[C@@H](O)[C@H](Cc1ccccc1)NC(=O)O[C@H]1CO[C@H]2OCC[C@H]21)S(=O)(=O)c1ccc(OCP(=O)(O)O)cc1.CC(C)CN(C[C@@H](O)[C@H](Cc1ccccc1)NC(=O)O[C@H]1CO[C@H]2OCC[C@H]21)S(=O)(=O)c1ccc(OCP(=O)(Oc2ccccc2)Oc2ccccc2)cc1. The molecule has 10 rings (SSSR count). The second kappa shape index (κ2) is 37.3. The number of para-hydroxylation sites is 2. The number of sulfonamides is 2. The van der Waals surface area contributed by atoms with E-state index >= 15 is 0 Å². The van der Waals surface area contributed by atoms with Crippen LogP contribution in [0.5, 0.6) is 23.0 Å². The molecular weight excluding hydrogens is 1370 g/mol. The molecule has 4 saturated heterocycles. The third kappa shape index (κ3) is 23.5. The Hall–Kier alpha value is -6.98. The number of alkyl carbamates (subject to hydrolysis) is 2. The quantitative estimate of drug-likeness (QED) is 0.0214. The lowest BCUT2D eigenvalue weighted by atomic mass is 10.0. The van der Waals surface area contributed by atoms with Crippen molar-refractivity contribution in [2.45, 2.75) is 127 Å². The Labute approximate surface area is 586 Å². The van der Waals surface area contributed by atoms with Crippen LogP contribution in [0.15, 0.2) is 180 Å². The second-order valence-electron chi connectivity index (χ2n) is 25.0. The summed E-state index contributed by atoms with van der Waals surface area (Å²) >= 11 is 0. The van der Waals surface area contributed by atoms with Crippen LogP contribution in [0.2, 0.25) is 0 Å². The first-order valence-corrected chi connectivity index (χ1v) is 38.6. The number of fused-ring (bicyclic) bond motifs is 2. The number of rotatable bonds is 32. The van der Waals surface area contributed by atoms with Crippen molar-refractivity contribution in [1.82, 2.24) is 19.2 Å². The number of amides is 2. The molecule has 0 aliphatic carbocycles. The molecule has 0 saturated carbocycles. The van der Waals surface area contributed by atoms with Gasteiger partial charge in [-0.1, -0.05) is 140 Å². The molecule has 4 heterocycles. The fourth-order valence-electron chi connectivity index (χ4n) is 11.5. The number of nitrogens with one attached hydrogen (secondary N) is 2. The highest BCUT2D eigenvalue weighted by molar-refractivity contribution is 7.89. The summed E-state index contributed by atoms with van der Waals surface area (Å²) < 4.78 is 139. The zero-order valence-electron chi connectivity index (χ0n) is 54.7. The zero-order chi connectivity index (χ0) is 70.0. The summed E-state index contributed by atoms with van der Waals surface area (Å²) in [6.45, 7) is 8.45. The van der Waals surface area contributed by atoms with Gasteiger partial charge in [0.25, 0.3) is 0 Å². The molecule has 6 aromatic carbocycles. The van der Waals surface area contributed by atoms with Crippen molar-refractivity contribution >= 4 is 47.4 Å². The Bertz CT molecular complexity index is 3770. The maximum atomic E-state index is 14.1. The molecular formula is C70H94N4O22P2S2. The summed E-state index contributed by atoms with van der Waals surface area (Å²) in [7, 11) is -16.6. The summed E-state index contributed by atoms with van der Waals surface area (Å²) in [6.07, 6.45) is -5.33. The predicted molar refractivity (Wildman–Crippen MR) is 373 cm³/mol. The van der Waals surface area contributed by atoms with Crippen LogP contribution in [-0.2, 0) is 70.4 Å². The van der Waals surface area contributed by atoms with Gasteiger partial charge in [-0.05, 0) is 121 Å². The van der Waals surface area contributed by atoms with Gasteiger partial charge in [-0.2, -0.15) is 8.61 Å². The third-order valence-corrected chi connectivity index (χ3v) is 21.8. The fourth-order valence-corrected chi connectivity index (χ4v) is 16.3. The highest BCUT2D eigenvalue weighted by atomic mass is 32.2. The van der Waals surface area contributed by atoms with Gasteiger partial charge in [-0.25, -0.2) is 31.0 Å². The van der Waals surface area contributed by atoms with E-state index in [4.69, 9.17) is 56.7 Å². The number of carbonyl (C=O) groups excluding carboxylic acids is 2. The predicted octanol–water partition coefficient (Wildman–Crippen LogP) is 10.1. The Morgan fingerprint density at radius 3 is 1.20 bits per heavy atom. The molecule has 0 spiro atoms. The minimum absolute atomic E-state index is 0. The number of ether oxygens (including phenoxy) is 8. The van der Waals surface area contributed by atoms with E-state index in [9.17, 15) is 45.8 Å². The van der Waals surface area contributed by atoms with Crippen LogP contribution in [-0.4, -0.2) is 172 Å². The average molecular weight is 1470 g/mol. The Kier molecular flexibility index (Phi) is 29.9. The van der Waals surface area contributed by atoms with Crippen LogP contribution < -0.4 is 29.2 Å². The van der Waals surface area contributed by atoms with E-state index in [-0.39, 0.29) is 112 Å². The number of hydrogen-bond acceptors (Lipinski definition) is 20. The number of aliphatic hydroxyl groups excluding tert-OH is 2. The van der Waals surface area contributed by atoms with Gasteiger partial charge in [-0.15, -0.1) is 0 Å². The van der Waals surface area contributed by atoms with Crippen LogP contribution in [0.3, 0.4) is 0 Å². The molecule has 30 heteroatoms. The summed E-state index contributed by atoms with van der Waals surface area (Å²) in [5.41, 5.74) is 1.66. The number of benzene rings is 6. The van der Waals surface area contributed by atoms with Gasteiger partial charge in [-0.3, -0.25) is 4.57 Å². The van der Waals surface area contributed by atoms with Crippen molar-refractivity contribution in [2.75, 3.05) is 65.3 Å². The van der Waals surface area contributed by atoms with Gasteiger partial charge in [0.15, 0.2) is 18.9 Å². The first-order chi connectivity index (χ1) is 46.8. The molecule has 0 aromatic heterocycles. The van der Waals surface area contributed by atoms with Gasteiger partial charge >= 0.3 is 27.4 Å². The van der Waals surface area contributed by atoms with Gasteiger partial charge in [0.1, 0.15) is 35.2 Å². The van der Waals surface area contributed by atoms with E-state index in [2.05, 4.69) is 10.6 Å². The van der Waals surface area contributed by atoms with E-state index in [1.807, 2.05) is 88.4 Å². The fraction of sp³-hybridized carbons (Fsp3) is 0.457. The van der Waals surface area contributed by atoms with Crippen molar-refractivity contribution in [3.8, 4) is 23.0 Å². The Morgan fingerprint density at radius 1 is 0.500 bits per heavy atom. The van der Waals surface area contributed by atoms with Gasteiger partial charge in [0, 0.05) is 26.2 Å². The summed E-state index contributed by atoms with van der Waals surface area (Å²) in [4.78, 5) is 44.1. The molecule has 0 bridgehead atoms.